The summed E-state index contributed by atoms with van der Waals surface area (Å²) >= 11 is 0. The van der Waals surface area contributed by atoms with Gasteiger partial charge in [-0.1, -0.05) is 48.5 Å². The van der Waals surface area contributed by atoms with Gasteiger partial charge in [-0.2, -0.15) is 5.10 Å². The number of fused-ring (bicyclic) bond motifs is 1. The molecule has 26 heavy (non-hydrogen) atoms. The highest BCUT2D eigenvalue weighted by Gasteiger charge is 2.26. The van der Waals surface area contributed by atoms with Crippen LogP contribution in [-0.2, 0) is 19.7 Å². The summed E-state index contributed by atoms with van der Waals surface area (Å²) in [6.45, 7) is 2.46. The Balaban J connectivity index is 1.46. The highest BCUT2D eigenvalue weighted by atomic mass is 16.5. The van der Waals surface area contributed by atoms with Crippen LogP contribution in [0.5, 0.6) is 5.75 Å². The van der Waals surface area contributed by atoms with Gasteiger partial charge in [0.25, 0.3) is 0 Å². The first-order chi connectivity index (χ1) is 12.8. The number of aromatic nitrogens is 2. The lowest BCUT2D eigenvalue weighted by Gasteiger charge is -2.31. The fraction of sp³-hybridized carbons (Fsp3) is 0.318. The topological polar surface area (TPSA) is 30.3 Å². The van der Waals surface area contributed by atoms with Crippen LogP contribution in [0.1, 0.15) is 35.8 Å². The van der Waals surface area contributed by atoms with Gasteiger partial charge in [0.1, 0.15) is 18.1 Å². The van der Waals surface area contributed by atoms with E-state index in [0.717, 1.165) is 31.0 Å². The van der Waals surface area contributed by atoms with E-state index in [1.807, 2.05) is 30.3 Å². The number of hydrogen-bond donors (Lipinski definition) is 0. The van der Waals surface area contributed by atoms with Crippen LogP contribution in [0.25, 0.3) is 0 Å². The predicted molar refractivity (Wildman–Crippen MR) is 103 cm³/mol. The number of nitrogens with zero attached hydrogens (tertiary/aromatic N) is 3. The molecular weight excluding hydrogens is 322 g/mol. The number of rotatable bonds is 6. The molecule has 0 saturated heterocycles. The summed E-state index contributed by atoms with van der Waals surface area (Å²) in [5, 5.41) is 4.77. The molecular formula is C22H25N3O. The van der Waals surface area contributed by atoms with E-state index in [0.29, 0.717) is 12.6 Å². The molecule has 0 amide bonds. The standard InChI is InChI=1S/C22H25N3O/c1-24(16-18-9-4-2-5-10-18)21-13-8-14-25-22(21)15-19(23-25)17-26-20-11-6-3-7-12-20/h2-7,9-12,15,21H,8,13-14,16-17H2,1H3. The van der Waals surface area contributed by atoms with E-state index in [1.165, 1.54) is 17.7 Å². The Morgan fingerprint density at radius 2 is 1.81 bits per heavy atom. The van der Waals surface area contributed by atoms with Gasteiger partial charge in [0, 0.05) is 13.1 Å². The normalized spacial score (nSPS) is 16.5. The third-order valence-electron chi connectivity index (χ3n) is 4.99. The first-order valence-electron chi connectivity index (χ1n) is 9.28. The van der Waals surface area contributed by atoms with Crippen molar-refractivity contribution in [3.63, 3.8) is 0 Å². The molecule has 1 unspecified atom stereocenters. The van der Waals surface area contributed by atoms with Crippen LogP contribution >= 0.6 is 0 Å². The highest BCUT2D eigenvalue weighted by Crippen LogP contribution is 2.31. The van der Waals surface area contributed by atoms with Crippen molar-refractivity contribution in [3.05, 3.63) is 83.7 Å². The quantitative estimate of drug-likeness (QED) is 0.661. The van der Waals surface area contributed by atoms with E-state index in [9.17, 15) is 0 Å². The van der Waals surface area contributed by atoms with E-state index in [1.54, 1.807) is 0 Å². The Bertz CT molecular complexity index is 829. The first kappa shape index (κ1) is 16.9. The minimum Gasteiger partial charge on any atom is -0.487 e. The van der Waals surface area contributed by atoms with Gasteiger partial charge in [0.2, 0.25) is 0 Å². The van der Waals surface area contributed by atoms with E-state index in [4.69, 9.17) is 9.84 Å². The van der Waals surface area contributed by atoms with Crippen molar-refractivity contribution in [1.82, 2.24) is 14.7 Å². The zero-order chi connectivity index (χ0) is 17.8. The van der Waals surface area contributed by atoms with Crippen molar-refractivity contribution in [3.8, 4) is 5.75 Å². The molecule has 0 aliphatic carbocycles. The molecule has 0 fully saturated rings. The van der Waals surface area contributed by atoms with Crippen LogP contribution in [0.2, 0.25) is 0 Å². The monoisotopic (exact) mass is 347 g/mol. The molecule has 4 nitrogen and oxygen atoms in total. The number of hydrogen-bond acceptors (Lipinski definition) is 3. The lowest BCUT2D eigenvalue weighted by Crippen LogP contribution is -2.29. The summed E-state index contributed by atoms with van der Waals surface area (Å²) in [4.78, 5) is 2.43. The smallest absolute Gasteiger partial charge is 0.132 e. The van der Waals surface area contributed by atoms with Crippen LogP contribution in [0.4, 0.5) is 0 Å². The maximum Gasteiger partial charge on any atom is 0.132 e. The van der Waals surface area contributed by atoms with Gasteiger partial charge in [-0.25, -0.2) is 0 Å². The second kappa shape index (κ2) is 7.75. The van der Waals surface area contributed by atoms with Gasteiger partial charge in [0.05, 0.1) is 11.7 Å². The molecule has 1 aliphatic rings. The van der Waals surface area contributed by atoms with Gasteiger partial charge in [-0.3, -0.25) is 9.58 Å². The molecule has 3 aromatic rings. The second-order valence-corrected chi connectivity index (χ2v) is 6.94. The van der Waals surface area contributed by atoms with Crippen molar-refractivity contribution in [1.29, 1.82) is 0 Å². The summed E-state index contributed by atoms with van der Waals surface area (Å²) in [6.07, 6.45) is 2.34. The Labute approximate surface area is 155 Å². The van der Waals surface area contributed by atoms with Crippen LogP contribution < -0.4 is 4.74 Å². The lowest BCUT2D eigenvalue weighted by molar-refractivity contribution is 0.190. The SMILES string of the molecule is CN(Cc1ccccc1)C1CCCn2nc(COc3ccccc3)cc21. The minimum absolute atomic E-state index is 0.405. The first-order valence-corrected chi connectivity index (χ1v) is 9.28. The number of benzene rings is 2. The fourth-order valence-corrected chi connectivity index (χ4v) is 3.69. The molecule has 1 atom stereocenters. The van der Waals surface area contributed by atoms with Crippen LogP contribution in [-0.4, -0.2) is 21.7 Å². The molecule has 0 radical (unpaired) electrons. The largest absolute Gasteiger partial charge is 0.487 e. The Hall–Kier alpha value is -2.59. The molecule has 134 valence electrons. The summed E-state index contributed by atoms with van der Waals surface area (Å²) < 4.78 is 8.04. The number of ether oxygens (including phenoxy) is 1. The van der Waals surface area contributed by atoms with Crippen LogP contribution in [0.3, 0.4) is 0 Å². The molecule has 0 spiro atoms. The molecule has 1 aromatic heterocycles. The van der Waals surface area contributed by atoms with E-state index < -0.39 is 0 Å². The summed E-state index contributed by atoms with van der Waals surface area (Å²) in [5.41, 5.74) is 3.66. The molecule has 0 N–H and O–H groups in total. The number of aryl methyl sites for hydroxylation is 1. The Morgan fingerprint density at radius 3 is 2.58 bits per heavy atom. The number of para-hydroxylation sites is 1. The zero-order valence-corrected chi connectivity index (χ0v) is 15.2. The Morgan fingerprint density at radius 1 is 1.08 bits per heavy atom. The minimum atomic E-state index is 0.405. The fourth-order valence-electron chi connectivity index (χ4n) is 3.69. The maximum absolute atomic E-state index is 5.87. The zero-order valence-electron chi connectivity index (χ0n) is 15.2. The molecule has 0 bridgehead atoms. The van der Waals surface area contributed by atoms with Crippen molar-refractivity contribution in [2.75, 3.05) is 7.05 Å². The third kappa shape index (κ3) is 3.81. The average Bonchev–Trinajstić information content (AvgIpc) is 3.11. The summed E-state index contributed by atoms with van der Waals surface area (Å²) in [6, 6.07) is 23.2. The molecule has 4 heteroatoms. The van der Waals surface area contributed by atoms with Gasteiger partial charge in [0.15, 0.2) is 0 Å². The lowest BCUT2D eigenvalue weighted by atomic mass is 10.0. The maximum atomic E-state index is 5.87. The van der Waals surface area contributed by atoms with Crippen molar-refractivity contribution >= 4 is 0 Å². The third-order valence-corrected chi connectivity index (χ3v) is 4.99. The van der Waals surface area contributed by atoms with Gasteiger partial charge in [-0.05, 0) is 43.7 Å². The second-order valence-electron chi connectivity index (χ2n) is 6.94. The van der Waals surface area contributed by atoms with Gasteiger partial charge in [-0.15, -0.1) is 0 Å². The molecule has 2 heterocycles. The van der Waals surface area contributed by atoms with Crippen molar-refractivity contribution in [2.24, 2.45) is 0 Å². The van der Waals surface area contributed by atoms with Crippen molar-refractivity contribution < 1.29 is 4.74 Å². The van der Waals surface area contributed by atoms with Gasteiger partial charge < -0.3 is 4.74 Å². The summed E-state index contributed by atoms with van der Waals surface area (Å²) in [7, 11) is 2.21. The van der Waals surface area contributed by atoms with Crippen molar-refractivity contribution in [2.45, 2.75) is 38.6 Å². The summed E-state index contributed by atoms with van der Waals surface area (Å²) in [5.74, 6) is 0.885. The molecule has 0 saturated carbocycles. The van der Waals surface area contributed by atoms with Gasteiger partial charge >= 0.3 is 0 Å². The van der Waals surface area contributed by atoms with Crippen LogP contribution in [0, 0.1) is 0 Å². The average molecular weight is 347 g/mol. The Kier molecular flexibility index (Phi) is 5.02. The molecule has 4 rings (SSSR count). The van der Waals surface area contributed by atoms with E-state index >= 15 is 0 Å². The predicted octanol–water partition coefficient (Wildman–Crippen LogP) is 4.43. The molecule has 2 aromatic carbocycles. The van der Waals surface area contributed by atoms with E-state index in [2.05, 4.69) is 53.0 Å². The molecule has 1 aliphatic heterocycles. The van der Waals surface area contributed by atoms with E-state index in [-0.39, 0.29) is 0 Å². The highest BCUT2D eigenvalue weighted by molar-refractivity contribution is 5.22. The van der Waals surface area contributed by atoms with Crippen LogP contribution in [0.15, 0.2) is 66.7 Å².